The molecule has 4 aromatic rings. The smallest absolute Gasteiger partial charge is 0.172 e. The molecule has 0 amide bonds. The Balaban J connectivity index is 1.28. The van der Waals surface area contributed by atoms with Crippen LogP contribution in [0, 0.1) is 0 Å². The third kappa shape index (κ3) is 6.31. The van der Waals surface area contributed by atoms with Crippen LogP contribution in [0.3, 0.4) is 0 Å². The van der Waals surface area contributed by atoms with E-state index >= 15 is 0 Å². The van der Waals surface area contributed by atoms with Gasteiger partial charge in [0.25, 0.3) is 0 Å². The number of aromatic nitrogens is 3. The molecule has 2 aromatic heterocycles. The molecular formula is C24H26BrClN6O. The van der Waals surface area contributed by atoms with E-state index < -0.39 is 6.35 Å². The summed E-state index contributed by atoms with van der Waals surface area (Å²) in [6.45, 7) is 2.07. The number of fused-ring (bicyclic) bond motifs is 1. The molecule has 1 atom stereocenters. The van der Waals surface area contributed by atoms with E-state index in [4.69, 9.17) is 16.6 Å². The summed E-state index contributed by atoms with van der Waals surface area (Å²) < 4.78 is 2.60. The number of aliphatic hydroxyl groups excluding tert-OH is 1. The number of aliphatic hydroxyl groups is 1. The van der Waals surface area contributed by atoms with E-state index in [1.165, 1.54) is 0 Å². The number of nitrogens with zero attached hydrogens (tertiary/aromatic N) is 3. The van der Waals surface area contributed by atoms with Crippen LogP contribution in [0.4, 0.5) is 5.82 Å². The molecule has 9 heteroatoms. The van der Waals surface area contributed by atoms with Gasteiger partial charge in [-0.25, -0.2) is 4.98 Å². The van der Waals surface area contributed by atoms with Gasteiger partial charge < -0.3 is 10.4 Å². The zero-order valence-corrected chi connectivity index (χ0v) is 20.4. The maximum absolute atomic E-state index is 10.1. The minimum atomic E-state index is -0.738. The molecule has 2 aromatic carbocycles. The molecule has 0 fully saturated rings. The van der Waals surface area contributed by atoms with Crippen molar-refractivity contribution in [1.29, 1.82) is 0 Å². The van der Waals surface area contributed by atoms with Crippen LogP contribution in [0.1, 0.15) is 18.4 Å². The zero-order valence-electron chi connectivity index (χ0n) is 18.0. The Labute approximate surface area is 206 Å². The van der Waals surface area contributed by atoms with Crippen LogP contribution in [-0.2, 0) is 6.54 Å². The largest absolute Gasteiger partial charge is 0.370 e. The Hall–Kier alpha value is -2.49. The predicted molar refractivity (Wildman–Crippen MR) is 136 cm³/mol. The van der Waals surface area contributed by atoms with Crippen molar-refractivity contribution in [2.24, 2.45) is 0 Å². The molecule has 1 unspecified atom stereocenters. The molecule has 2 heterocycles. The normalized spacial score (nSPS) is 12.2. The minimum absolute atomic E-state index is 0.613. The number of hydrogen-bond donors (Lipinski definition) is 4. The summed E-state index contributed by atoms with van der Waals surface area (Å²) in [7, 11) is 0. The Morgan fingerprint density at radius 1 is 1.00 bits per heavy atom. The van der Waals surface area contributed by atoms with Gasteiger partial charge in [0, 0.05) is 29.7 Å². The average molecular weight is 530 g/mol. The maximum Gasteiger partial charge on any atom is 0.172 e. The molecule has 0 aliphatic heterocycles. The first-order valence-corrected chi connectivity index (χ1v) is 12.0. The highest BCUT2D eigenvalue weighted by atomic mass is 79.9. The number of unbranched alkanes of at least 4 members (excludes halogenated alkanes) is 1. The molecule has 4 N–H and O–H groups in total. The molecule has 0 radical (unpaired) electrons. The topological polar surface area (TPSA) is 86.5 Å². The van der Waals surface area contributed by atoms with E-state index in [1.807, 2.05) is 60.7 Å². The lowest BCUT2D eigenvalue weighted by molar-refractivity contribution is 0.0996. The second-order valence-corrected chi connectivity index (χ2v) is 8.85. The summed E-state index contributed by atoms with van der Waals surface area (Å²) >= 11 is 9.92. The van der Waals surface area contributed by atoms with Gasteiger partial charge in [-0.15, -0.1) is 0 Å². The highest BCUT2D eigenvalue weighted by molar-refractivity contribution is 9.10. The highest BCUT2D eigenvalue weighted by Gasteiger charge is 2.13. The van der Waals surface area contributed by atoms with Crippen molar-refractivity contribution in [3.05, 3.63) is 81.9 Å². The number of hydrogen-bond acceptors (Lipinski definition) is 6. The fraction of sp³-hybridized carbons (Fsp3) is 0.250. The summed E-state index contributed by atoms with van der Waals surface area (Å²) in [6, 6.07) is 19.6. The fourth-order valence-corrected chi connectivity index (χ4v) is 4.04. The quantitative estimate of drug-likeness (QED) is 0.167. The summed E-state index contributed by atoms with van der Waals surface area (Å²) in [6.07, 6.45) is 2.83. The lowest BCUT2D eigenvalue weighted by atomic mass is 10.1. The van der Waals surface area contributed by atoms with Gasteiger partial charge in [0.15, 0.2) is 12.0 Å². The maximum atomic E-state index is 10.1. The van der Waals surface area contributed by atoms with Crippen molar-refractivity contribution in [1.82, 2.24) is 25.2 Å². The lowest BCUT2D eigenvalue weighted by Crippen LogP contribution is -2.42. The van der Waals surface area contributed by atoms with Gasteiger partial charge in [0.1, 0.15) is 5.82 Å². The summed E-state index contributed by atoms with van der Waals surface area (Å²) in [5.74, 6) is 0.846. The predicted octanol–water partition coefficient (Wildman–Crippen LogP) is 4.66. The van der Waals surface area contributed by atoms with Crippen LogP contribution in [0.2, 0.25) is 5.02 Å². The molecule has 0 bridgehead atoms. The Morgan fingerprint density at radius 2 is 1.76 bits per heavy atom. The summed E-state index contributed by atoms with van der Waals surface area (Å²) in [5, 5.41) is 24.7. The van der Waals surface area contributed by atoms with Gasteiger partial charge in [0.2, 0.25) is 0 Å². The zero-order chi connectivity index (χ0) is 23.0. The Kier molecular flexibility index (Phi) is 8.30. The molecule has 0 saturated heterocycles. The fourth-order valence-electron chi connectivity index (χ4n) is 3.46. The van der Waals surface area contributed by atoms with Crippen LogP contribution in [0.25, 0.3) is 16.9 Å². The van der Waals surface area contributed by atoms with E-state index in [2.05, 4.69) is 37.0 Å². The van der Waals surface area contributed by atoms with Crippen LogP contribution in [-0.4, -0.2) is 39.1 Å². The summed E-state index contributed by atoms with van der Waals surface area (Å²) in [4.78, 5) is 4.73. The molecule has 172 valence electrons. The molecule has 0 aliphatic carbocycles. The SMILES string of the molecule is OC(NCCCCNc1cc(-c2ccccc2Cl)nc2c(Br)cnn12)NCc1ccccc1. The second-order valence-electron chi connectivity index (χ2n) is 7.59. The first-order valence-electron chi connectivity index (χ1n) is 10.8. The number of rotatable bonds is 11. The summed E-state index contributed by atoms with van der Waals surface area (Å²) in [5.41, 5.74) is 3.52. The van der Waals surface area contributed by atoms with Crippen LogP contribution in [0.5, 0.6) is 0 Å². The second kappa shape index (κ2) is 11.6. The van der Waals surface area contributed by atoms with E-state index in [9.17, 15) is 5.11 Å². The monoisotopic (exact) mass is 528 g/mol. The van der Waals surface area contributed by atoms with E-state index in [0.717, 1.165) is 52.1 Å². The van der Waals surface area contributed by atoms with E-state index in [1.54, 1.807) is 10.7 Å². The van der Waals surface area contributed by atoms with Gasteiger partial charge in [0.05, 0.1) is 16.4 Å². The molecule has 0 spiro atoms. The van der Waals surface area contributed by atoms with Crippen molar-refractivity contribution in [2.75, 3.05) is 18.4 Å². The van der Waals surface area contributed by atoms with Crippen molar-refractivity contribution in [3.8, 4) is 11.3 Å². The van der Waals surface area contributed by atoms with Crippen molar-refractivity contribution < 1.29 is 5.11 Å². The van der Waals surface area contributed by atoms with Crippen molar-refractivity contribution >= 4 is 39.0 Å². The van der Waals surface area contributed by atoms with Gasteiger partial charge in [-0.05, 0) is 46.9 Å². The molecule has 0 aliphatic rings. The van der Waals surface area contributed by atoms with Crippen LogP contribution < -0.4 is 16.0 Å². The number of benzene rings is 2. The number of nitrogens with one attached hydrogen (secondary N) is 3. The molecule has 7 nitrogen and oxygen atoms in total. The standard InChI is InChI=1S/C24H26BrClN6O/c25-19-16-30-32-22(14-21(31-23(19)32)18-10-4-5-11-20(18)26)27-12-6-7-13-28-24(33)29-15-17-8-2-1-3-9-17/h1-5,8-11,14,16,24,27-29,33H,6-7,12-13,15H2. The van der Waals surface area contributed by atoms with Crippen LogP contribution >= 0.6 is 27.5 Å². The van der Waals surface area contributed by atoms with Crippen molar-refractivity contribution in [3.63, 3.8) is 0 Å². The molecule has 33 heavy (non-hydrogen) atoms. The highest BCUT2D eigenvalue weighted by Crippen LogP contribution is 2.30. The van der Waals surface area contributed by atoms with E-state index in [-0.39, 0.29) is 0 Å². The van der Waals surface area contributed by atoms with Gasteiger partial charge >= 0.3 is 0 Å². The average Bonchev–Trinajstić information content (AvgIpc) is 3.21. The first kappa shape index (κ1) is 23.7. The number of anilines is 1. The first-order chi connectivity index (χ1) is 16.1. The Morgan fingerprint density at radius 3 is 2.58 bits per heavy atom. The molecule has 0 saturated carbocycles. The number of halogens is 2. The van der Waals surface area contributed by atoms with E-state index in [0.29, 0.717) is 18.1 Å². The third-order valence-corrected chi connectivity index (χ3v) is 6.06. The minimum Gasteiger partial charge on any atom is -0.370 e. The Bertz CT molecular complexity index is 1190. The van der Waals surface area contributed by atoms with Crippen LogP contribution in [0.15, 0.2) is 71.3 Å². The third-order valence-electron chi connectivity index (χ3n) is 5.17. The molecule has 4 rings (SSSR count). The van der Waals surface area contributed by atoms with Crippen molar-refractivity contribution in [2.45, 2.75) is 25.7 Å². The van der Waals surface area contributed by atoms with Gasteiger partial charge in [-0.3, -0.25) is 10.6 Å². The van der Waals surface area contributed by atoms with Gasteiger partial charge in [-0.2, -0.15) is 9.61 Å². The van der Waals surface area contributed by atoms with Gasteiger partial charge in [-0.1, -0.05) is 60.1 Å². The molecular weight excluding hydrogens is 504 g/mol. The lowest BCUT2D eigenvalue weighted by Gasteiger charge is -2.15.